The minimum absolute atomic E-state index is 0. The van der Waals surface area contributed by atoms with Crippen LogP contribution in [0.2, 0.25) is 0 Å². The molecule has 90 valence electrons. The Bertz CT molecular complexity index is 224. The second-order valence-corrected chi connectivity index (χ2v) is 3.25. The molecule has 4 atom stereocenters. The molecule has 0 radical (unpaired) electrons. The number of carboxylic acids is 1. The monoisotopic (exact) mass is 262 g/mol. The van der Waals surface area contributed by atoms with E-state index in [0.717, 1.165) is 0 Å². The molecule has 4 unspecified atom stereocenters. The van der Waals surface area contributed by atoms with Crippen LogP contribution in [0.5, 0.6) is 0 Å². The summed E-state index contributed by atoms with van der Waals surface area (Å²) in [5, 5.41) is 55.9. The third-order valence-corrected chi connectivity index (χ3v) is 2.29. The van der Waals surface area contributed by atoms with Crippen LogP contribution in [0.1, 0.15) is 13.3 Å². The zero-order valence-corrected chi connectivity index (χ0v) is 12.3. The van der Waals surface area contributed by atoms with E-state index in [2.05, 4.69) is 0 Å². The number of aliphatic carboxylic acids is 1. The zero-order valence-electron chi connectivity index (χ0n) is 9.20. The van der Waals surface area contributed by atoms with E-state index in [1.165, 1.54) is 6.92 Å². The molecule has 5 N–H and O–H groups in total. The van der Waals surface area contributed by atoms with E-state index in [0.29, 0.717) is 0 Å². The largest absolute Gasteiger partial charge is 1.00 e. The van der Waals surface area contributed by atoms with Gasteiger partial charge in [0.15, 0.2) is 0 Å². The van der Waals surface area contributed by atoms with Crippen molar-refractivity contribution < 1.29 is 86.8 Å². The van der Waals surface area contributed by atoms with Crippen LogP contribution < -0.4 is 56.5 Å². The molecule has 0 spiro atoms. The molecule has 0 bridgehead atoms. The molecule has 0 amide bonds. The summed E-state index contributed by atoms with van der Waals surface area (Å²) >= 11 is 0. The summed E-state index contributed by atoms with van der Waals surface area (Å²) in [5.74, 6) is -1.96. The fourth-order valence-corrected chi connectivity index (χ4v) is 1.08. The van der Waals surface area contributed by atoms with Gasteiger partial charge in [0.2, 0.25) is 0 Å². The van der Waals surface area contributed by atoms with Crippen LogP contribution in [-0.4, -0.2) is 62.0 Å². The van der Waals surface area contributed by atoms with E-state index in [4.69, 9.17) is 10.2 Å². The maximum absolute atomic E-state index is 10.5. The van der Waals surface area contributed by atoms with Crippen molar-refractivity contribution in [3.05, 3.63) is 0 Å². The molecular formula is C8H15KO7. The van der Waals surface area contributed by atoms with E-state index < -0.39 is 42.9 Å². The minimum Gasteiger partial charge on any atom is -0.547 e. The van der Waals surface area contributed by atoms with Gasteiger partial charge in [0.1, 0.15) is 23.9 Å². The number of hydrogen-bond donors (Lipinski definition) is 5. The standard InChI is InChI=1S/C8H16O7.K/c1-2-8(15,7(13)14)6(12)5(11)4(10)3-9;/h4-6,9-12,15H,2-3H2,1H3,(H,13,14);/q;+1/p-1. The van der Waals surface area contributed by atoms with Gasteiger partial charge in [0, 0.05) is 0 Å². The predicted molar refractivity (Wildman–Crippen MR) is 45.4 cm³/mol. The maximum Gasteiger partial charge on any atom is 1.00 e. The van der Waals surface area contributed by atoms with Crippen LogP contribution in [0.15, 0.2) is 0 Å². The van der Waals surface area contributed by atoms with E-state index in [1.54, 1.807) is 0 Å². The van der Waals surface area contributed by atoms with Gasteiger partial charge in [-0.25, -0.2) is 0 Å². The second kappa shape index (κ2) is 8.09. The quantitative estimate of drug-likeness (QED) is 0.299. The number of aliphatic hydroxyl groups excluding tert-OH is 4. The number of carboxylic acid groups (broad SMARTS) is 1. The van der Waals surface area contributed by atoms with Crippen molar-refractivity contribution in [2.75, 3.05) is 6.61 Å². The van der Waals surface area contributed by atoms with Gasteiger partial charge in [0.05, 0.1) is 12.6 Å². The summed E-state index contributed by atoms with van der Waals surface area (Å²) in [6.07, 6.45) is -6.27. The fourth-order valence-electron chi connectivity index (χ4n) is 1.08. The molecule has 0 rings (SSSR count). The Balaban J connectivity index is 0. The Kier molecular flexibility index (Phi) is 9.73. The first kappa shape index (κ1) is 19.3. The maximum atomic E-state index is 10.5. The minimum atomic E-state index is -2.66. The number of aliphatic hydroxyl groups is 5. The first-order chi connectivity index (χ1) is 6.81. The van der Waals surface area contributed by atoms with Gasteiger partial charge in [-0.1, -0.05) is 6.92 Å². The molecule has 0 aromatic carbocycles. The van der Waals surface area contributed by atoms with Gasteiger partial charge in [-0.15, -0.1) is 0 Å². The molecule has 0 saturated heterocycles. The van der Waals surface area contributed by atoms with Crippen molar-refractivity contribution >= 4 is 5.97 Å². The summed E-state index contributed by atoms with van der Waals surface area (Å²) in [7, 11) is 0. The molecule has 0 aliphatic rings. The van der Waals surface area contributed by atoms with Gasteiger partial charge < -0.3 is 35.4 Å². The first-order valence-corrected chi connectivity index (χ1v) is 4.40. The van der Waals surface area contributed by atoms with Gasteiger partial charge in [-0.2, -0.15) is 0 Å². The van der Waals surface area contributed by atoms with Crippen LogP contribution in [-0.2, 0) is 4.79 Å². The first-order valence-electron chi connectivity index (χ1n) is 4.40. The van der Waals surface area contributed by atoms with Crippen molar-refractivity contribution in [1.29, 1.82) is 0 Å². The normalized spacial score (nSPS) is 20.1. The van der Waals surface area contributed by atoms with Gasteiger partial charge in [-0.05, 0) is 6.42 Å². The Hall–Kier alpha value is 0.906. The molecule has 0 heterocycles. The molecule has 0 saturated carbocycles. The average molecular weight is 262 g/mol. The molecule has 0 fully saturated rings. The Morgan fingerprint density at radius 2 is 1.81 bits per heavy atom. The number of carbonyl (C=O) groups is 1. The zero-order chi connectivity index (χ0) is 12.2. The van der Waals surface area contributed by atoms with Gasteiger partial charge in [0.25, 0.3) is 0 Å². The van der Waals surface area contributed by atoms with Crippen LogP contribution in [0.3, 0.4) is 0 Å². The summed E-state index contributed by atoms with van der Waals surface area (Å²) in [6.45, 7) is 0.391. The number of carbonyl (C=O) groups excluding carboxylic acids is 1. The van der Waals surface area contributed by atoms with Crippen LogP contribution in [0.25, 0.3) is 0 Å². The Morgan fingerprint density at radius 3 is 2.06 bits per heavy atom. The Morgan fingerprint density at radius 1 is 1.38 bits per heavy atom. The topological polar surface area (TPSA) is 141 Å². The molecule has 8 heteroatoms. The summed E-state index contributed by atoms with van der Waals surface area (Å²) < 4.78 is 0. The SMILES string of the molecule is CCC(O)(C(=O)[O-])C(O)C(O)C(O)CO.[K+]. The number of rotatable bonds is 6. The van der Waals surface area contributed by atoms with Crippen LogP contribution in [0.4, 0.5) is 0 Å². The van der Waals surface area contributed by atoms with Crippen molar-refractivity contribution in [2.45, 2.75) is 37.3 Å². The molecule has 0 aliphatic carbocycles. The third-order valence-electron chi connectivity index (χ3n) is 2.29. The molecule has 16 heavy (non-hydrogen) atoms. The van der Waals surface area contributed by atoms with Gasteiger partial charge >= 0.3 is 51.4 Å². The second-order valence-electron chi connectivity index (χ2n) is 3.25. The van der Waals surface area contributed by atoms with E-state index >= 15 is 0 Å². The Labute approximate surface area is 135 Å². The van der Waals surface area contributed by atoms with Crippen LogP contribution in [0, 0.1) is 0 Å². The molecular weight excluding hydrogens is 247 g/mol. The van der Waals surface area contributed by atoms with Crippen molar-refractivity contribution in [2.24, 2.45) is 0 Å². The van der Waals surface area contributed by atoms with Crippen LogP contribution >= 0.6 is 0 Å². The molecule has 7 nitrogen and oxygen atoms in total. The number of hydrogen-bond acceptors (Lipinski definition) is 7. The van der Waals surface area contributed by atoms with Crippen molar-refractivity contribution in [1.82, 2.24) is 0 Å². The summed E-state index contributed by atoms with van der Waals surface area (Å²) in [6, 6.07) is 0. The van der Waals surface area contributed by atoms with E-state index in [1.807, 2.05) is 0 Å². The smallest absolute Gasteiger partial charge is 0.547 e. The predicted octanol–water partition coefficient (Wildman–Crippen LogP) is -7.04. The third kappa shape index (κ3) is 4.30. The van der Waals surface area contributed by atoms with E-state index in [9.17, 15) is 25.2 Å². The van der Waals surface area contributed by atoms with E-state index in [-0.39, 0.29) is 51.4 Å². The summed E-state index contributed by atoms with van der Waals surface area (Å²) in [5.41, 5.74) is -2.66. The van der Waals surface area contributed by atoms with Crippen molar-refractivity contribution in [3.63, 3.8) is 0 Å². The fraction of sp³-hybridized carbons (Fsp3) is 0.875. The average Bonchev–Trinajstić information content (AvgIpc) is 2.24. The molecule has 0 aromatic heterocycles. The summed E-state index contributed by atoms with van der Waals surface area (Å²) in [4.78, 5) is 10.5. The van der Waals surface area contributed by atoms with Crippen molar-refractivity contribution in [3.8, 4) is 0 Å². The molecule has 0 aromatic rings. The van der Waals surface area contributed by atoms with Gasteiger partial charge in [-0.3, -0.25) is 0 Å². The molecule has 0 aliphatic heterocycles.